The molecule has 194 valence electrons. The summed E-state index contributed by atoms with van der Waals surface area (Å²) in [5, 5.41) is 0. The Kier molecular flexibility index (Phi) is 9.47. The first-order valence-corrected chi connectivity index (χ1v) is 13.3. The van der Waals surface area contributed by atoms with E-state index >= 15 is 0 Å². The predicted molar refractivity (Wildman–Crippen MR) is 154 cm³/mol. The van der Waals surface area contributed by atoms with Crippen molar-refractivity contribution in [3.05, 3.63) is 96.1 Å². The Morgan fingerprint density at radius 3 is 1.37 bits per heavy atom. The Hall–Kier alpha value is -4.18. The highest BCUT2D eigenvalue weighted by atomic mass is 16.5. The van der Waals surface area contributed by atoms with Gasteiger partial charge in [-0.25, -0.2) is 0 Å². The summed E-state index contributed by atoms with van der Waals surface area (Å²) < 4.78 is 12.5. The van der Waals surface area contributed by atoms with Crippen molar-refractivity contribution in [2.24, 2.45) is 0 Å². The molecule has 4 aromatic carbocycles. The fraction of sp³-hybridized carbons (Fsp3) is 0.235. The molecular weight excluding hydrogens is 472 g/mol. The molecule has 0 N–H and O–H groups in total. The summed E-state index contributed by atoms with van der Waals surface area (Å²) >= 11 is 0. The molecule has 0 saturated heterocycles. The van der Waals surface area contributed by atoms with E-state index in [0.717, 1.165) is 83.1 Å². The lowest BCUT2D eigenvalue weighted by Crippen LogP contribution is -2.01. The molecule has 4 aromatic rings. The molecule has 0 aromatic heterocycles. The van der Waals surface area contributed by atoms with Crippen molar-refractivity contribution < 1.29 is 19.1 Å². The largest absolute Gasteiger partial charge is 0.493 e. The van der Waals surface area contributed by atoms with Crippen LogP contribution in [0.5, 0.6) is 11.5 Å². The third-order valence-electron chi connectivity index (χ3n) is 6.47. The zero-order chi connectivity index (χ0) is 26.7. The van der Waals surface area contributed by atoms with E-state index in [9.17, 15) is 9.59 Å². The lowest BCUT2D eigenvalue weighted by atomic mass is 9.94. The Balaban J connectivity index is 1.88. The van der Waals surface area contributed by atoms with Crippen LogP contribution >= 0.6 is 0 Å². The lowest BCUT2D eigenvalue weighted by Gasteiger charge is -2.18. The van der Waals surface area contributed by atoms with Gasteiger partial charge in [-0.05, 0) is 71.5 Å². The topological polar surface area (TPSA) is 52.6 Å². The summed E-state index contributed by atoms with van der Waals surface area (Å²) in [4.78, 5) is 22.8. The molecule has 0 saturated carbocycles. The minimum Gasteiger partial charge on any atom is -0.493 e. The third-order valence-corrected chi connectivity index (χ3v) is 6.47. The molecule has 0 fully saturated rings. The number of carbonyl (C=O) groups is 2. The molecule has 4 nitrogen and oxygen atoms in total. The van der Waals surface area contributed by atoms with Crippen molar-refractivity contribution in [2.75, 3.05) is 13.2 Å². The first-order chi connectivity index (χ1) is 18.7. The second-order valence-corrected chi connectivity index (χ2v) is 9.31. The first kappa shape index (κ1) is 26.9. The second-order valence-electron chi connectivity index (χ2n) is 9.31. The van der Waals surface area contributed by atoms with Gasteiger partial charge in [-0.1, -0.05) is 75.2 Å². The molecule has 0 unspecified atom stereocenters. The molecular formula is C34H34O4. The molecule has 0 atom stereocenters. The Bertz CT molecular complexity index is 1280. The average molecular weight is 507 g/mol. The smallest absolute Gasteiger partial charge is 0.150 e. The van der Waals surface area contributed by atoms with Gasteiger partial charge in [0.2, 0.25) is 0 Å². The minimum absolute atomic E-state index is 0.622. The van der Waals surface area contributed by atoms with Crippen LogP contribution < -0.4 is 9.47 Å². The van der Waals surface area contributed by atoms with Crippen LogP contribution in [0.4, 0.5) is 0 Å². The maximum atomic E-state index is 11.4. The molecule has 0 radical (unpaired) electrons. The molecule has 0 aliphatic heterocycles. The molecule has 0 heterocycles. The van der Waals surface area contributed by atoms with E-state index in [1.807, 2.05) is 60.7 Å². The number of hydrogen-bond acceptors (Lipinski definition) is 4. The minimum atomic E-state index is 0.622. The van der Waals surface area contributed by atoms with Crippen molar-refractivity contribution >= 4 is 12.6 Å². The molecule has 38 heavy (non-hydrogen) atoms. The van der Waals surface area contributed by atoms with E-state index in [0.29, 0.717) is 24.3 Å². The maximum absolute atomic E-state index is 11.4. The van der Waals surface area contributed by atoms with Gasteiger partial charge in [0.15, 0.2) is 0 Å². The quantitative estimate of drug-likeness (QED) is 0.134. The van der Waals surface area contributed by atoms with Gasteiger partial charge in [0.05, 0.1) is 13.2 Å². The summed E-state index contributed by atoms with van der Waals surface area (Å²) in [7, 11) is 0. The van der Waals surface area contributed by atoms with Gasteiger partial charge in [-0.2, -0.15) is 0 Å². The van der Waals surface area contributed by atoms with Gasteiger partial charge >= 0.3 is 0 Å². The van der Waals surface area contributed by atoms with Gasteiger partial charge < -0.3 is 9.47 Å². The Morgan fingerprint density at radius 1 is 0.553 bits per heavy atom. The van der Waals surface area contributed by atoms with Crippen LogP contribution in [0.25, 0.3) is 33.4 Å². The zero-order valence-electron chi connectivity index (χ0n) is 22.1. The molecule has 4 heteroatoms. The van der Waals surface area contributed by atoms with Gasteiger partial charge in [-0.15, -0.1) is 0 Å². The van der Waals surface area contributed by atoms with Gasteiger partial charge in [0.25, 0.3) is 0 Å². The zero-order valence-corrected chi connectivity index (χ0v) is 22.1. The normalized spacial score (nSPS) is 10.7. The van der Waals surface area contributed by atoms with Crippen molar-refractivity contribution in [2.45, 2.75) is 39.5 Å². The number of carbonyl (C=O) groups excluding carboxylic acids is 2. The molecule has 0 aliphatic carbocycles. The molecule has 0 amide bonds. The van der Waals surface area contributed by atoms with Crippen molar-refractivity contribution in [3.8, 4) is 44.9 Å². The molecule has 4 rings (SSSR count). The fourth-order valence-corrected chi connectivity index (χ4v) is 4.33. The van der Waals surface area contributed by atoms with Crippen molar-refractivity contribution in [1.82, 2.24) is 0 Å². The predicted octanol–water partition coefficient (Wildman–Crippen LogP) is 8.67. The average Bonchev–Trinajstić information content (AvgIpc) is 2.97. The van der Waals surface area contributed by atoms with Crippen LogP contribution in [0.2, 0.25) is 0 Å². The SMILES string of the molecule is CCCCOc1ccc(-c2cccc(C=O)c2)cc1-c1cc(-c2cccc(C=O)c2)ccc1OCCCC. The van der Waals surface area contributed by atoms with Crippen LogP contribution in [0.15, 0.2) is 84.9 Å². The Morgan fingerprint density at radius 2 is 0.974 bits per heavy atom. The van der Waals surface area contributed by atoms with Crippen LogP contribution in [0.3, 0.4) is 0 Å². The third kappa shape index (κ3) is 6.57. The van der Waals surface area contributed by atoms with E-state index in [1.54, 1.807) is 12.1 Å². The number of unbranched alkanes of at least 4 members (excludes halogenated alkanes) is 2. The van der Waals surface area contributed by atoms with E-state index in [4.69, 9.17) is 9.47 Å². The molecule has 0 aliphatic rings. The highest BCUT2D eigenvalue weighted by Gasteiger charge is 2.16. The van der Waals surface area contributed by atoms with Crippen molar-refractivity contribution in [1.29, 1.82) is 0 Å². The lowest BCUT2D eigenvalue weighted by molar-refractivity contribution is 0.111. The molecule has 0 bridgehead atoms. The fourth-order valence-electron chi connectivity index (χ4n) is 4.33. The second kappa shape index (κ2) is 13.4. The number of ether oxygens (including phenoxy) is 2. The summed E-state index contributed by atoms with van der Waals surface area (Å²) in [6.45, 7) is 5.53. The van der Waals surface area contributed by atoms with Crippen LogP contribution in [-0.2, 0) is 0 Å². The number of hydrogen-bond donors (Lipinski definition) is 0. The first-order valence-electron chi connectivity index (χ1n) is 13.3. The standard InChI is InChI=1S/C34H34O4/c1-3-5-17-37-33-15-13-29(27-11-7-9-25(19-27)23-35)21-31(33)32-22-30(14-16-34(32)38-18-6-4-2)28-12-8-10-26(20-28)24-36/h7-16,19-24H,3-6,17-18H2,1-2H3. The summed E-state index contributed by atoms with van der Waals surface area (Å²) in [5.41, 5.74) is 7.00. The van der Waals surface area contributed by atoms with Gasteiger partial charge in [0, 0.05) is 22.3 Å². The van der Waals surface area contributed by atoms with E-state index in [2.05, 4.69) is 26.0 Å². The van der Waals surface area contributed by atoms with Gasteiger partial charge in [-0.3, -0.25) is 9.59 Å². The van der Waals surface area contributed by atoms with Gasteiger partial charge in [0.1, 0.15) is 24.1 Å². The highest BCUT2D eigenvalue weighted by molar-refractivity contribution is 5.86. The Labute approximate surface area is 225 Å². The van der Waals surface area contributed by atoms with E-state index in [-0.39, 0.29) is 0 Å². The maximum Gasteiger partial charge on any atom is 0.150 e. The van der Waals surface area contributed by atoms with E-state index in [1.165, 1.54) is 0 Å². The van der Waals surface area contributed by atoms with Crippen molar-refractivity contribution in [3.63, 3.8) is 0 Å². The summed E-state index contributed by atoms with van der Waals surface area (Å²) in [6, 6.07) is 27.5. The number of aldehydes is 2. The summed E-state index contributed by atoms with van der Waals surface area (Å²) in [5.74, 6) is 1.57. The summed E-state index contributed by atoms with van der Waals surface area (Å²) in [6.07, 6.45) is 5.73. The van der Waals surface area contributed by atoms with E-state index < -0.39 is 0 Å². The number of rotatable bonds is 13. The highest BCUT2D eigenvalue weighted by Crippen LogP contribution is 2.41. The van der Waals surface area contributed by atoms with Crippen LogP contribution in [0, 0.1) is 0 Å². The van der Waals surface area contributed by atoms with Crippen LogP contribution in [-0.4, -0.2) is 25.8 Å². The number of benzene rings is 4. The monoisotopic (exact) mass is 506 g/mol. The molecule has 0 spiro atoms. The van der Waals surface area contributed by atoms with Crippen LogP contribution in [0.1, 0.15) is 60.2 Å².